The Labute approximate surface area is 147 Å². The van der Waals surface area contributed by atoms with Crippen LogP contribution in [0.5, 0.6) is 0 Å². The number of benzene rings is 1. The van der Waals surface area contributed by atoms with Crippen LogP contribution >= 0.6 is 0 Å². The normalized spacial score (nSPS) is 26.0. The molecule has 1 aromatic carbocycles. The van der Waals surface area contributed by atoms with E-state index in [-0.39, 0.29) is 29.0 Å². The number of hydrogen-bond acceptors (Lipinski definition) is 5. The number of sulfone groups is 1. The van der Waals surface area contributed by atoms with Gasteiger partial charge in [-0.05, 0) is 31.0 Å². The summed E-state index contributed by atoms with van der Waals surface area (Å²) in [4.78, 5) is 18.1. The summed E-state index contributed by atoms with van der Waals surface area (Å²) in [5, 5.41) is 4.03. The highest BCUT2D eigenvalue weighted by Crippen LogP contribution is 2.23. The second kappa shape index (κ2) is 5.93. The largest absolute Gasteiger partial charge is 0.357 e. The molecule has 134 valence electrons. The lowest BCUT2D eigenvalue weighted by molar-refractivity contribution is 0.140. The van der Waals surface area contributed by atoms with Gasteiger partial charge in [-0.1, -0.05) is 6.07 Å². The van der Waals surface area contributed by atoms with E-state index in [9.17, 15) is 13.2 Å². The maximum absolute atomic E-state index is 12.5. The smallest absolute Gasteiger partial charge is 0.189 e. The van der Waals surface area contributed by atoms with Crippen molar-refractivity contribution < 1.29 is 8.42 Å². The van der Waals surface area contributed by atoms with Crippen molar-refractivity contribution >= 4 is 20.7 Å². The van der Waals surface area contributed by atoms with Gasteiger partial charge in [-0.3, -0.25) is 9.69 Å². The van der Waals surface area contributed by atoms with Gasteiger partial charge in [0.05, 0.1) is 17.0 Å². The molecule has 2 atom stereocenters. The Morgan fingerprint density at radius 1 is 1.20 bits per heavy atom. The van der Waals surface area contributed by atoms with E-state index >= 15 is 0 Å². The third-order valence-electron chi connectivity index (χ3n) is 5.31. The fourth-order valence-corrected chi connectivity index (χ4v) is 6.19. The molecule has 0 unspecified atom stereocenters. The van der Waals surface area contributed by atoms with E-state index in [1.807, 2.05) is 19.9 Å². The number of aryl methyl sites for hydroxylation is 2. The summed E-state index contributed by atoms with van der Waals surface area (Å²) in [6, 6.07) is 5.61. The number of nitrogens with one attached hydrogen (secondary N) is 2. The molecular formula is C18H23N3O3S. The minimum atomic E-state index is -2.98. The number of fused-ring (bicyclic) bond motifs is 2. The first kappa shape index (κ1) is 16.8. The fourth-order valence-electron chi connectivity index (χ4n) is 4.20. The summed E-state index contributed by atoms with van der Waals surface area (Å²) in [7, 11) is -2.98. The number of piperazine rings is 1. The lowest BCUT2D eigenvalue weighted by Crippen LogP contribution is -2.56. The van der Waals surface area contributed by atoms with Crippen LogP contribution in [-0.4, -0.2) is 55.0 Å². The molecule has 6 nitrogen and oxygen atoms in total. The van der Waals surface area contributed by atoms with Gasteiger partial charge in [-0.25, -0.2) is 8.42 Å². The van der Waals surface area contributed by atoms with Crippen molar-refractivity contribution in [3.05, 3.63) is 45.2 Å². The second-order valence-corrected chi connectivity index (χ2v) is 9.49. The molecule has 0 aliphatic carbocycles. The SMILES string of the molecule is Cc1cc(C)c2[nH]c(CN3CCN[C@H]4CS(=O)(=O)C[C@H]43)cc(=O)c2c1. The molecule has 0 spiro atoms. The minimum absolute atomic E-state index is 0.00434. The van der Waals surface area contributed by atoms with Crippen LogP contribution in [0.15, 0.2) is 23.0 Å². The Morgan fingerprint density at radius 2 is 2.00 bits per heavy atom. The van der Waals surface area contributed by atoms with Gasteiger partial charge in [0.15, 0.2) is 15.3 Å². The summed E-state index contributed by atoms with van der Waals surface area (Å²) < 4.78 is 24.0. The molecule has 7 heteroatoms. The van der Waals surface area contributed by atoms with Gasteiger partial charge in [0.1, 0.15) is 0 Å². The number of H-pyrrole nitrogens is 1. The summed E-state index contributed by atoms with van der Waals surface area (Å²) in [6.45, 7) is 6.11. The summed E-state index contributed by atoms with van der Waals surface area (Å²) >= 11 is 0. The third kappa shape index (κ3) is 3.12. The zero-order valence-electron chi connectivity index (χ0n) is 14.5. The van der Waals surface area contributed by atoms with Crippen LogP contribution < -0.4 is 10.7 Å². The first-order valence-corrected chi connectivity index (χ1v) is 10.5. The van der Waals surface area contributed by atoms with Crippen LogP contribution in [0.3, 0.4) is 0 Å². The molecule has 2 aliphatic heterocycles. The van der Waals surface area contributed by atoms with Gasteiger partial charge >= 0.3 is 0 Å². The number of nitrogens with zero attached hydrogens (tertiary/aromatic N) is 1. The summed E-state index contributed by atoms with van der Waals surface area (Å²) in [6.07, 6.45) is 0. The van der Waals surface area contributed by atoms with E-state index in [0.717, 1.165) is 35.4 Å². The Balaban J connectivity index is 1.68. The van der Waals surface area contributed by atoms with Gasteiger partial charge < -0.3 is 10.3 Å². The number of aromatic amines is 1. The molecule has 0 radical (unpaired) electrons. The Bertz CT molecular complexity index is 997. The highest BCUT2D eigenvalue weighted by Gasteiger charge is 2.42. The Hall–Kier alpha value is -1.70. The van der Waals surface area contributed by atoms with E-state index in [1.165, 1.54) is 0 Å². The van der Waals surface area contributed by atoms with Crippen molar-refractivity contribution in [2.45, 2.75) is 32.5 Å². The van der Waals surface area contributed by atoms with Gasteiger partial charge in [-0.15, -0.1) is 0 Å². The Morgan fingerprint density at radius 3 is 2.80 bits per heavy atom. The molecule has 25 heavy (non-hydrogen) atoms. The lowest BCUT2D eigenvalue weighted by atomic mass is 10.0. The zero-order valence-corrected chi connectivity index (χ0v) is 15.3. The average molecular weight is 361 g/mol. The lowest BCUT2D eigenvalue weighted by Gasteiger charge is -2.37. The van der Waals surface area contributed by atoms with Crippen LogP contribution in [0.1, 0.15) is 16.8 Å². The molecule has 2 N–H and O–H groups in total. The standard InChI is InChI=1S/C18H23N3O3S/c1-11-5-12(2)18-14(6-11)17(22)7-13(20-18)8-21-4-3-19-15-9-25(23,24)10-16(15)21/h5-7,15-16,19H,3-4,8-10H2,1-2H3,(H,20,22)/t15-,16+/m0/s1. The molecule has 2 saturated heterocycles. The van der Waals surface area contributed by atoms with Crippen LogP contribution in [0.25, 0.3) is 10.9 Å². The molecule has 0 saturated carbocycles. The quantitative estimate of drug-likeness (QED) is 0.824. The van der Waals surface area contributed by atoms with Crippen molar-refractivity contribution in [3.63, 3.8) is 0 Å². The van der Waals surface area contributed by atoms with Crippen molar-refractivity contribution in [3.8, 4) is 0 Å². The van der Waals surface area contributed by atoms with Crippen LogP contribution in [0.2, 0.25) is 0 Å². The maximum atomic E-state index is 12.5. The average Bonchev–Trinajstić information content (AvgIpc) is 2.84. The first-order chi connectivity index (χ1) is 11.8. The van der Waals surface area contributed by atoms with E-state index in [1.54, 1.807) is 6.07 Å². The molecule has 3 heterocycles. The van der Waals surface area contributed by atoms with Gasteiger partial charge in [0.25, 0.3) is 0 Å². The van der Waals surface area contributed by atoms with E-state index in [2.05, 4.69) is 21.3 Å². The molecule has 2 aromatic rings. The molecule has 4 rings (SSSR count). The second-order valence-electron chi connectivity index (χ2n) is 7.34. The molecular weight excluding hydrogens is 338 g/mol. The molecule has 1 aromatic heterocycles. The van der Waals surface area contributed by atoms with Crippen molar-refractivity contribution in [2.75, 3.05) is 24.6 Å². The summed E-state index contributed by atoms with van der Waals surface area (Å²) in [5.74, 6) is 0.404. The van der Waals surface area contributed by atoms with Gasteiger partial charge in [0, 0.05) is 48.9 Å². The monoisotopic (exact) mass is 361 g/mol. The van der Waals surface area contributed by atoms with Crippen molar-refractivity contribution in [1.82, 2.24) is 15.2 Å². The predicted molar refractivity (Wildman–Crippen MR) is 98.7 cm³/mol. The molecule has 0 amide bonds. The topological polar surface area (TPSA) is 82.3 Å². The van der Waals surface area contributed by atoms with Crippen molar-refractivity contribution in [1.29, 1.82) is 0 Å². The number of aromatic nitrogens is 1. The van der Waals surface area contributed by atoms with Gasteiger partial charge in [-0.2, -0.15) is 0 Å². The van der Waals surface area contributed by atoms with Crippen LogP contribution in [0.4, 0.5) is 0 Å². The molecule has 2 fully saturated rings. The summed E-state index contributed by atoms with van der Waals surface area (Å²) in [5.41, 5.74) is 3.86. The maximum Gasteiger partial charge on any atom is 0.189 e. The van der Waals surface area contributed by atoms with E-state index < -0.39 is 9.84 Å². The van der Waals surface area contributed by atoms with Crippen molar-refractivity contribution in [2.24, 2.45) is 0 Å². The molecule has 0 bridgehead atoms. The number of pyridine rings is 1. The predicted octanol–water partition coefficient (Wildman–Crippen LogP) is 0.716. The van der Waals surface area contributed by atoms with Crippen LogP contribution in [0, 0.1) is 13.8 Å². The highest BCUT2D eigenvalue weighted by molar-refractivity contribution is 7.91. The van der Waals surface area contributed by atoms with Crippen LogP contribution in [-0.2, 0) is 16.4 Å². The van der Waals surface area contributed by atoms with E-state index in [0.29, 0.717) is 11.9 Å². The fraction of sp³-hybridized carbons (Fsp3) is 0.500. The van der Waals surface area contributed by atoms with E-state index in [4.69, 9.17) is 0 Å². The number of rotatable bonds is 2. The number of hydrogen-bond donors (Lipinski definition) is 2. The molecule has 2 aliphatic rings. The van der Waals surface area contributed by atoms with Gasteiger partial charge in [0.2, 0.25) is 0 Å². The zero-order chi connectivity index (χ0) is 17.8. The Kier molecular flexibility index (Phi) is 3.97. The minimum Gasteiger partial charge on any atom is -0.357 e. The third-order valence-corrected chi connectivity index (χ3v) is 7.02. The highest BCUT2D eigenvalue weighted by atomic mass is 32.2. The first-order valence-electron chi connectivity index (χ1n) is 8.63.